The molecule has 0 saturated heterocycles. The summed E-state index contributed by atoms with van der Waals surface area (Å²) in [5.41, 5.74) is -0.00231. The Bertz CT molecular complexity index is 300. The second kappa shape index (κ2) is 2.87. The highest BCUT2D eigenvalue weighted by atomic mass is 79.9. The van der Waals surface area contributed by atoms with E-state index >= 15 is 0 Å². The molecular formula is C6H4BrNO3. The molecule has 0 saturated carbocycles. The first kappa shape index (κ1) is 8.00. The van der Waals surface area contributed by atoms with Gasteiger partial charge in [-0.1, -0.05) is 0 Å². The molecule has 2 N–H and O–H groups in total. The van der Waals surface area contributed by atoms with E-state index in [1.165, 1.54) is 6.20 Å². The predicted octanol–water partition coefficient (Wildman–Crippen LogP) is 1.25. The number of carboxylic acids is 1. The fourth-order valence-electron chi connectivity index (χ4n) is 0.592. The lowest BCUT2D eigenvalue weighted by Gasteiger charge is -1.96. The standard InChI is InChI=1S/C6H4BrNO3/c7-4-2-8-5(9)1-3(4)6(10)11/h1-2H,(H,8,9)(H,10,11). The highest BCUT2D eigenvalue weighted by molar-refractivity contribution is 9.10. The number of carboxylic acid groups (broad SMARTS) is 1. The number of carbonyl (C=O) groups is 1. The molecule has 0 aromatic carbocycles. The summed E-state index contributed by atoms with van der Waals surface area (Å²) in [5.74, 6) is -1.40. The van der Waals surface area contributed by atoms with Crippen LogP contribution in [0.4, 0.5) is 0 Å². The topological polar surface area (TPSA) is 70.4 Å². The van der Waals surface area contributed by atoms with Crippen molar-refractivity contribution in [1.29, 1.82) is 0 Å². The Balaban J connectivity index is 3.23. The van der Waals surface area contributed by atoms with Gasteiger partial charge in [-0.3, -0.25) is 0 Å². The molecule has 11 heavy (non-hydrogen) atoms. The summed E-state index contributed by atoms with van der Waals surface area (Å²) < 4.78 is 0.350. The summed E-state index contributed by atoms with van der Waals surface area (Å²) in [5, 5.41) is 17.3. The molecule has 0 bridgehead atoms. The lowest BCUT2D eigenvalue weighted by atomic mass is 10.3. The molecule has 0 aliphatic carbocycles. The molecule has 0 radical (unpaired) electrons. The zero-order valence-electron chi connectivity index (χ0n) is 5.28. The molecule has 1 heterocycles. The first-order valence-corrected chi connectivity index (χ1v) is 3.48. The lowest BCUT2D eigenvalue weighted by molar-refractivity contribution is 0.0695. The second-order valence-corrected chi connectivity index (χ2v) is 2.68. The smallest absolute Gasteiger partial charge is 0.337 e. The summed E-state index contributed by atoms with van der Waals surface area (Å²) in [6.07, 6.45) is 1.23. The van der Waals surface area contributed by atoms with E-state index in [0.717, 1.165) is 6.07 Å². The molecule has 58 valence electrons. The maximum Gasteiger partial charge on any atom is 0.337 e. The molecule has 0 unspecified atom stereocenters. The van der Waals surface area contributed by atoms with Crippen molar-refractivity contribution >= 4 is 21.9 Å². The number of aromatic carboxylic acids is 1. The Morgan fingerprint density at radius 1 is 1.64 bits per heavy atom. The molecule has 1 aromatic heterocycles. The number of hydrogen-bond donors (Lipinski definition) is 2. The highest BCUT2D eigenvalue weighted by Crippen LogP contribution is 2.18. The quantitative estimate of drug-likeness (QED) is 0.743. The van der Waals surface area contributed by atoms with Crippen molar-refractivity contribution in [3.63, 3.8) is 0 Å². The van der Waals surface area contributed by atoms with E-state index in [4.69, 9.17) is 10.2 Å². The van der Waals surface area contributed by atoms with Gasteiger partial charge in [0, 0.05) is 12.3 Å². The van der Waals surface area contributed by atoms with Crippen LogP contribution in [0.3, 0.4) is 0 Å². The van der Waals surface area contributed by atoms with Gasteiger partial charge in [0.15, 0.2) is 0 Å². The molecule has 1 aromatic rings. The van der Waals surface area contributed by atoms with Crippen molar-refractivity contribution in [2.75, 3.05) is 0 Å². The molecule has 5 heteroatoms. The molecule has 0 aliphatic rings. The maximum absolute atomic E-state index is 10.4. The van der Waals surface area contributed by atoms with Gasteiger partial charge in [0.2, 0.25) is 5.88 Å². The van der Waals surface area contributed by atoms with Gasteiger partial charge in [-0.25, -0.2) is 9.78 Å². The maximum atomic E-state index is 10.4. The van der Waals surface area contributed by atoms with Crippen molar-refractivity contribution in [1.82, 2.24) is 4.98 Å². The Morgan fingerprint density at radius 3 is 2.73 bits per heavy atom. The van der Waals surface area contributed by atoms with Crippen LogP contribution in [0.1, 0.15) is 10.4 Å². The van der Waals surface area contributed by atoms with Crippen LogP contribution in [0, 0.1) is 0 Å². The SMILES string of the molecule is O=C(O)c1cc(O)ncc1Br. The zero-order valence-corrected chi connectivity index (χ0v) is 6.87. The van der Waals surface area contributed by atoms with Gasteiger partial charge in [-0.15, -0.1) is 0 Å². The van der Waals surface area contributed by atoms with Crippen LogP contribution in [0.2, 0.25) is 0 Å². The van der Waals surface area contributed by atoms with Gasteiger partial charge in [0.1, 0.15) is 0 Å². The monoisotopic (exact) mass is 217 g/mol. The third-order valence-corrected chi connectivity index (χ3v) is 1.70. The predicted molar refractivity (Wildman–Crippen MR) is 40.6 cm³/mol. The van der Waals surface area contributed by atoms with Gasteiger partial charge in [-0.2, -0.15) is 0 Å². The van der Waals surface area contributed by atoms with Crippen LogP contribution < -0.4 is 0 Å². The van der Waals surface area contributed by atoms with Gasteiger partial charge < -0.3 is 10.2 Å². The van der Waals surface area contributed by atoms with E-state index in [9.17, 15) is 4.79 Å². The third kappa shape index (κ3) is 1.68. The first-order chi connectivity index (χ1) is 5.11. The van der Waals surface area contributed by atoms with E-state index in [-0.39, 0.29) is 11.4 Å². The van der Waals surface area contributed by atoms with Crippen LogP contribution in [0.25, 0.3) is 0 Å². The van der Waals surface area contributed by atoms with Gasteiger partial charge in [0.25, 0.3) is 0 Å². The molecule has 4 nitrogen and oxygen atoms in total. The largest absolute Gasteiger partial charge is 0.493 e. The number of hydrogen-bond acceptors (Lipinski definition) is 3. The number of halogens is 1. The number of aromatic hydroxyl groups is 1. The fourth-order valence-corrected chi connectivity index (χ4v) is 0.978. The average molecular weight is 218 g/mol. The van der Waals surface area contributed by atoms with Crippen LogP contribution in [-0.4, -0.2) is 21.2 Å². The number of pyridine rings is 1. The summed E-state index contributed by atoms with van der Waals surface area (Å²) >= 11 is 2.98. The van der Waals surface area contributed by atoms with E-state index in [0.29, 0.717) is 4.47 Å². The van der Waals surface area contributed by atoms with Crippen molar-refractivity contribution in [3.05, 3.63) is 22.3 Å². The number of nitrogens with zero attached hydrogens (tertiary/aromatic N) is 1. The Morgan fingerprint density at radius 2 is 2.27 bits per heavy atom. The molecule has 0 amide bonds. The third-order valence-electron chi connectivity index (χ3n) is 1.07. The number of aromatic nitrogens is 1. The Hall–Kier alpha value is -1.10. The van der Waals surface area contributed by atoms with Crippen LogP contribution >= 0.6 is 15.9 Å². The zero-order chi connectivity index (χ0) is 8.43. The summed E-state index contributed by atoms with van der Waals surface area (Å²) in [6.45, 7) is 0. The second-order valence-electron chi connectivity index (χ2n) is 1.83. The van der Waals surface area contributed by atoms with Crippen LogP contribution in [0.5, 0.6) is 5.88 Å². The van der Waals surface area contributed by atoms with Crippen LogP contribution in [0.15, 0.2) is 16.7 Å². The van der Waals surface area contributed by atoms with Crippen molar-refractivity contribution in [3.8, 4) is 5.88 Å². The molecule has 1 rings (SSSR count). The summed E-state index contributed by atoms with van der Waals surface area (Å²) in [7, 11) is 0. The molecule has 0 atom stereocenters. The fraction of sp³-hybridized carbons (Fsp3) is 0. The molecule has 0 spiro atoms. The average Bonchev–Trinajstić information content (AvgIpc) is 1.94. The minimum absolute atomic E-state index is 0.00231. The normalized spacial score (nSPS) is 9.55. The van der Waals surface area contributed by atoms with E-state index in [2.05, 4.69) is 20.9 Å². The van der Waals surface area contributed by atoms with E-state index < -0.39 is 5.97 Å². The van der Waals surface area contributed by atoms with Gasteiger partial charge in [-0.05, 0) is 15.9 Å². The van der Waals surface area contributed by atoms with E-state index in [1.807, 2.05) is 0 Å². The molecule has 0 aliphatic heterocycles. The van der Waals surface area contributed by atoms with Crippen molar-refractivity contribution < 1.29 is 15.0 Å². The van der Waals surface area contributed by atoms with Crippen molar-refractivity contribution in [2.45, 2.75) is 0 Å². The van der Waals surface area contributed by atoms with Gasteiger partial charge >= 0.3 is 5.97 Å². The van der Waals surface area contributed by atoms with Crippen LogP contribution in [-0.2, 0) is 0 Å². The summed E-state index contributed by atoms with van der Waals surface area (Å²) in [4.78, 5) is 13.9. The molecule has 0 fully saturated rings. The Kier molecular flexibility index (Phi) is 2.09. The summed E-state index contributed by atoms with van der Waals surface area (Å²) in [6, 6.07) is 1.08. The lowest BCUT2D eigenvalue weighted by Crippen LogP contribution is -1.97. The Labute approximate surface area is 70.6 Å². The number of rotatable bonds is 1. The molecular weight excluding hydrogens is 214 g/mol. The van der Waals surface area contributed by atoms with Crippen molar-refractivity contribution in [2.24, 2.45) is 0 Å². The van der Waals surface area contributed by atoms with E-state index in [1.54, 1.807) is 0 Å². The minimum atomic E-state index is -1.10. The van der Waals surface area contributed by atoms with Gasteiger partial charge in [0.05, 0.1) is 10.0 Å². The highest BCUT2D eigenvalue weighted by Gasteiger charge is 2.08. The first-order valence-electron chi connectivity index (χ1n) is 2.69. The minimum Gasteiger partial charge on any atom is -0.493 e.